The normalized spacial score (nSPS) is 11.0. The maximum Gasteiger partial charge on any atom is 0.338 e. The van der Waals surface area contributed by atoms with Crippen molar-refractivity contribution in [1.82, 2.24) is 0 Å². The number of ether oxygens (including phenoxy) is 2. The molecule has 1 atom stereocenters. The Hall–Kier alpha value is -3.33. The van der Waals surface area contributed by atoms with Crippen LogP contribution < -0.4 is 10.1 Å². The first-order valence-electron chi connectivity index (χ1n) is 7.19. The molecule has 122 valence electrons. The van der Waals surface area contributed by atoms with Gasteiger partial charge in [-0.1, -0.05) is 12.1 Å². The molecule has 6 nitrogen and oxygen atoms in total. The molecule has 2 rings (SSSR count). The molecule has 0 radical (unpaired) electrons. The van der Waals surface area contributed by atoms with Crippen LogP contribution >= 0.6 is 0 Å². The van der Waals surface area contributed by atoms with Crippen molar-refractivity contribution in [1.29, 1.82) is 5.26 Å². The standard InChI is InChI=1S/C18H16N2O4/c1-12(17(21)20-15-7-4-8-16(10-15)23-2)24-18(22)14-6-3-5-13(9-14)11-19/h3-10,12H,1-2H3,(H,20,21)/t12-/m1/s1. The van der Waals surface area contributed by atoms with Crippen molar-refractivity contribution in [3.63, 3.8) is 0 Å². The largest absolute Gasteiger partial charge is 0.497 e. The SMILES string of the molecule is COc1cccc(NC(=O)[C@@H](C)OC(=O)c2cccc(C#N)c2)c1. The van der Waals surface area contributed by atoms with E-state index in [0.29, 0.717) is 17.0 Å². The van der Waals surface area contributed by atoms with Gasteiger partial charge in [-0.05, 0) is 37.3 Å². The molecule has 0 unspecified atom stereocenters. The number of nitrogens with one attached hydrogen (secondary N) is 1. The zero-order valence-electron chi connectivity index (χ0n) is 13.3. The lowest BCUT2D eigenvalue weighted by atomic mass is 10.1. The first-order valence-corrected chi connectivity index (χ1v) is 7.19. The molecule has 0 aliphatic heterocycles. The lowest BCUT2D eigenvalue weighted by Gasteiger charge is -2.14. The minimum Gasteiger partial charge on any atom is -0.497 e. The van der Waals surface area contributed by atoms with E-state index < -0.39 is 18.0 Å². The van der Waals surface area contributed by atoms with Gasteiger partial charge in [0, 0.05) is 11.8 Å². The van der Waals surface area contributed by atoms with Crippen LogP contribution in [0.15, 0.2) is 48.5 Å². The number of rotatable bonds is 5. The van der Waals surface area contributed by atoms with Crippen molar-refractivity contribution in [2.75, 3.05) is 12.4 Å². The monoisotopic (exact) mass is 324 g/mol. The summed E-state index contributed by atoms with van der Waals surface area (Å²) in [5.74, 6) is -0.529. The smallest absolute Gasteiger partial charge is 0.338 e. The Morgan fingerprint density at radius 1 is 1.17 bits per heavy atom. The maximum absolute atomic E-state index is 12.1. The van der Waals surface area contributed by atoms with Crippen molar-refractivity contribution in [3.05, 3.63) is 59.7 Å². The van der Waals surface area contributed by atoms with E-state index in [0.717, 1.165) is 0 Å². The minimum atomic E-state index is -0.991. The zero-order valence-corrected chi connectivity index (χ0v) is 13.3. The number of nitriles is 1. The number of anilines is 1. The fourth-order valence-corrected chi connectivity index (χ4v) is 1.94. The van der Waals surface area contributed by atoms with Crippen molar-refractivity contribution >= 4 is 17.6 Å². The highest BCUT2D eigenvalue weighted by Gasteiger charge is 2.19. The van der Waals surface area contributed by atoms with Gasteiger partial charge in [-0.3, -0.25) is 4.79 Å². The Bertz CT molecular complexity index is 796. The van der Waals surface area contributed by atoms with Crippen molar-refractivity contribution in [2.24, 2.45) is 0 Å². The summed E-state index contributed by atoms with van der Waals surface area (Å²) in [5.41, 5.74) is 1.10. The van der Waals surface area contributed by atoms with Crippen LogP contribution in [0, 0.1) is 11.3 Å². The molecule has 6 heteroatoms. The van der Waals surface area contributed by atoms with Crippen LogP contribution in [0.1, 0.15) is 22.8 Å². The quantitative estimate of drug-likeness (QED) is 0.854. The van der Waals surface area contributed by atoms with Crippen molar-refractivity contribution < 1.29 is 19.1 Å². The molecule has 0 bridgehead atoms. The van der Waals surface area contributed by atoms with E-state index in [-0.39, 0.29) is 5.56 Å². The highest BCUT2D eigenvalue weighted by Crippen LogP contribution is 2.17. The number of methoxy groups -OCH3 is 1. The van der Waals surface area contributed by atoms with Gasteiger partial charge in [0.2, 0.25) is 0 Å². The van der Waals surface area contributed by atoms with Crippen LogP contribution in [-0.4, -0.2) is 25.1 Å². The summed E-state index contributed by atoms with van der Waals surface area (Å²) in [6.45, 7) is 1.47. The van der Waals surface area contributed by atoms with Crippen LogP contribution in [0.4, 0.5) is 5.69 Å². The van der Waals surface area contributed by atoms with Gasteiger partial charge in [-0.25, -0.2) is 4.79 Å². The van der Waals surface area contributed by atoms with E-state index >= 15 is 0 Å². The molecule has 0 spiro atoms. The second kappa shape index (κ2) is 7.79. The molecule has 24 heavy (non-hydrogen) atoms. The van der Waals surface area contributed by atoms with Crippen LogP contribution in [0.3, 0.4) is 0 Å². The molecule has 2 aromatic rings. The molecule has 0 saturated carbocycles. The minimum absolute atomic E-state index is 0.218. The number of hydrogen-bond donors (Lipinski definition) is 1. The van der Waals surface area contributed by atoms with E-state index in [1.54, 1.807) is 36.4 Å². The summed E-state index contributed by atoms with van der Waals surface area (Å²) < 4.78 is 10.2. The van der Waals surface area contributed by atoms with Gasteiger partial charge in [0.1, 0.15) is 5.75 Å². The molecule has 1 N–H and O–H groups in total. The molecule has 1 amide bonds. The van der Waals surface area contributed by atoms with E-state index in [9.17, 15) is 9.59 Å². The van der Waals surface area contributed by atoms with Gasteiger partial charge in [0.05, 0.1) is 24.3 Å². The number of carbonyl (C=O) groups is 2. The lowest BCUT2D eigenvalue weighted by molar-refractivity contribution is -0.123. The molecule has 0 aliphatic carbocycles. The van der Waals surface area contributed by atoms with Gasteiger partial charge in [0.15, 0.2) is 6.10 Å². The predicted molar refractivity (Wildman–Crippen MR) is 87.7 cm³/mol. The first kappa shape index (κ1) is 17.0. The van der Waals surface area contributed by atoms with E-state index in [4.69, 9.17) is 14.7 Å². The second-order valence-corrected chi connectivity index (χ2v) is 4.96. The summed E-state index contributed by atoms with van der Waals surface area (Å²) in [5, 5.41) is 11.5. The first-order chi connectivity index (χ1) is 11.5. The number of esters is 1. The molecule has 0 saturated heterocycles. The average molecular weight is 324 g/mol. The van der Waals surface area contributed by atoms with Crippen LogP contribution in [0.5, 0.6) is 5.75 Å². The summed E-state index contributed by atoms with van der Waals surface area (Å²) in [6.07, 6.45) is -0.991. The zero-order chi connectivity index (χ0) is 17.5. The number of nitrogens with zero attached hydrogens (tertiary/aromatic N) is 1. The third-order valence-corrected chi connectivity index (χ3v) is 3.22. The second-order valence-electron chi connectivity index (χ2n) is 4.96. The number of amides is 1. The fourth-order valence-electron chi connectivity index (χ4n) is 1.94. The molecular weight excluding hydrogens is 308 g/mol. The summed E-state index contributed by atoms with van der Waals surface area (Å²) >= 11 is 0. The molecule has 0 aliphatic rings. The maximum atomic E-state index is 12.1. The Morgan fingerprint density at radius 3 is 2.62 bits per heavy atom. The van der Waals surface area contributed by atoms with Gasteiger partial charge in [-0.15, -0.1) is 0 Å². The number of carbonyl (C=O) groups excluding carboxylic acids is 2. The Labute approximate surface area is 139 Å². The van der Waals surface area contributed by atoms with Crippen LogP contribution in [-0.2, 0) is 9.53 Å². The topological polar surface area (TPSA) is 88.4 Å². The summed E-state index contributed by atoms with van der Waals surface area (Å²) in [7, 11) is 1.53. The highest BCUT2D eigenvalue weighted by atomic mass is 16.5. The van der Waals surface area contributed by atoms with Gasteiger partial charge in [-0.2, -0.15) is 5.26 Å². The molecule has 0 fully saturated rings. The Balaban J connectivity index is 2.00. The number of benzene rings is 2. The predicted octanol–water partition coefficient (Wildman–Crippen LogP) is 2.75. The van der Waals surface area contributed by atoms with Gasteiger partial charge < -0.3 is 14.8 Å². The third kappa shape index (κ3) is 4.34. The molecular formula is C18H16N2O4. The van der Waals surface area contributed by atoms with Crippen molar-refractivity contribution in [2.45, 2.75) is 13.0 Å². The third-order valence-electron chi connectivity index (χ3n) is 3.22. The Morgan fingerprint density at radius 2 is 1.92 bits per heavy atom. The van der Waals surface area contributed by atoms with Gasteiger partial charge in [0.25, 0.3) is 5.91 Å². The van der Waals surface area contributed by atoms with Crippen LogP contribution in [0.2, 0.25) is 0 Å². The van der Waals surface area contributed by atoms with E-state index in [1.807, 2.05) is 6.07 Å². The number of hydrogen-bond acceptors (Lipinski definition) is 5. The summed E-state index contributed by atoms with van der Waals surface area (Å²) in [6, 6.07) is 14.9. The summed E-state index contributed by atoms with van der Waals surface area (Å²) in [4.78, 5) is 24.2. The Kier molecular flexibility index (Phi) is 5.53. The highest BCUT2D eigenvalue weighted by molar-refractivity contribution is 5.97. The lowest BCUT2D eigenvalue weighted by Crippen LogP contribution is -2.30. The van der Waals surface area contributed by atoms with Crippen LogP contribution in [0.25, 0.3) is 0 Å². The fraction of sp³-hybridized carbons (Fsp3) is 0.167. The van der Waals surface area contributed by atoms with E-state index in [2.05, 4.69) is 5.32 Å². The van der Waals surface area contributed by atoms with E-state index in [1.165, 1.54) is 26.2 Å². The van der Waals surface area contributed by atoms with Gasteiger partial charge >= 0.3 is 5.97 Å². The molecule has 0 heterocycles. The molecule has 2 aromatic carbocycles. The molecule has 0 aromatic heterocycles. The van der Waals surface area contributed by atoms with Crippen molar-refractivity contribution in [3.8, 4) is 11.8 Å². The average Bonchev–Trinajstić information content (AvgIpc) is 2.61.